The molecule has 0 radical (unpaired) electrons. The van der Waals surface area contributed by atoms with Crippen LogP contribution >= 0.6 is 0 Å². The Kier molecular flexibility index (Phi) is 5.21. The molecule has 0 bridgehead atoms. The Balaban J connectivity index is 1.56. The number of halogens is 1. The van der Waals surface area contributed by atoms with Gasteiger partial charge in [0.15, 0.2) is 5.65 Å². The van der Waals surface area contributed by atoms with Crippen LogP contribution < -0.4 is 10.6 Å². The number of benzene rings is 2. The average molecular weight is 418 g/mol. The fraction of sp³-hybridized carbons (Fsp3) is 0.261. The number of nitrogens with zero attached hydrogens (tertiary/aromatic N) is 4. The fourth-order valence-corrected chi connectivity index (χ4v) is 4.04. The highest BCUT2D eigenvalue weighted by Gasteiger charge is 2.26. The molecule has 0 amide bonds. The topological polar surface area (TPSA) is 87.9 Å². The fourth-order valence-electron chi connectivity index (χ4n) is 4.04. The Hall–Kier alpha value is -3.52. The lowest BCUT2D eigenvalue weighted by Gasteiger charge is -2.28. The Bertz CT molecular complexity index is 1190. The van der Waals surface area contributed by atoms with Crippen molar-refractivity contribution in [1.29, 1.82) is 0 Å². The summed E-state index contributed by atoms with van der Waals surface area (Å²) in [6.45, 7) is 0. The van der Waals surface area contributed by atoms with Crippen LogP contribution in [0.25, 0.3) is 11.2 Å². The minimum atomic E-state index is -0.349. The van der Waals surface area contributed by atoms with Crippen LogP contribution in [0.1, 0.15) is 31.7 Å². The molecule has 1 saturated carbocycles. The standard InChI is InChI=1S/C23H23FN6O/c24-18-8-4-5-9-19(18)27-23-28-20-14-25-22(26-15-6-2-1-3-7-15)29-21(20)30(23)16-10-12-17(31)13-11-16/h1-9,14,16-17,31H,10-13H2,(H,27,28)(H,25,26,29). The molecule has 0 aliphatic heterocycles. The van der Waals surface area contributed by atoms with E-state index in [-0.39, 0.29) is 18.0 Å². The summed E-state index contributed by atoms with van der Waals surface area (Å²) < 4.78 is 16.3. The van der Waals surface area contributed by atoms with Gasteiger partial charge in [-0.05, 0) is 49.9 Å². The second-order valence-corrected chi connectivity index (χ2v) is 7.77. The van der Waals surface area contributed by atoms with E-state index in [0.717, 1.165) is 18.5 Å². The minimum absolute atomic E-state index is 0.0992. The summed E-state index contributed by atoms with van der Waals surface area (Å²) in [5.41, 5.74) is 2.54. The number of hydrogen-bond donors (Lipinski definition) is 3. The molecule has 7 nitrogen and oxygen atoms in total. The van der Waals surface area contributed by atoms with E-state index in [9.17, 15) is 9.50 Å². The normalized spacial score (nSPS) is 18.8. The predicted molar refractivity (Wildman–Crippen MR) is 118 cm³/mol. The van der Waals surface area contributed by atoms with E-state index < -0.39 is 0 Å². The van der Waals surface area contributed by atoms with Crippen LogP contribution in [0, 0.1) is 5.82 Å². The van der Waals surface area contributed by atoms with Crippen molar-refractivity contribution in [1.82, 2.24) is 19.5 Å². The maximum absolute atomic E-state index is 14.3. The van der Waals surface area contributed by atoms with E-state index in [1.54, 1.807) is 24.4 Å². The molecule has 4 aromatic rings. The number of fused-ring (bicyclic) bond motifs is 1. The highest BCUT2D eigenvalue weighted by Crippen LogP contribution is 2.35. The lowest BCUT2D eigenvalue weighted by molar-refractivity contribution is 0.112. The summed E-state index contributed by atoms with van der Waals surface area (Å²) in [6.07, 6.45) is 4.41. The number of hydrogen-bond acceptors (Lipinski definition) is 6. The van der Waals surface area contributed by atoms with Crippen molar-refractivity contribution in [2.45, 2.75) is 37.8 Å². The molecule has 1 fully saturated rings. The van der Waals surface area contributed by atoms with E-state index in [2.05, 4.69) is 20.6 Å². The van der Waals surface area contributed by atoms with Crippen LogP contribution in [0.3, 0.4) is 0 Å². The summed E-state index contributed by atoms with van der Waals surface area (Å²) in [7, 11) is 0. The monoisotopic (exact) mass is 418 g/mol. The van der Waals surface area contributed by atoms with Gasteiger partial charge in [0.1, 0.15) is 11.3 Å². The van der Waals surface area contributed by atoms with Crippen molar-refractivity contribution in [2.24, 2.45) is 0 Å². The molecule has 1 aliphatic rings. The smallest absolute Gasteiger partial charge is 0.229 e. The van der Waals surface area contributed by atoms with Gasteiger partial charge in [-0.3, -0.25) is 4.57 Å². The highest BCUT2D eigenvalue weighted by molar-refractivity contribution is 5.77. The van der Waals surface area contributed by atoms with Gasteiger partial charge in [0.05, 0.1) is 18.0 Å². The Morgan fingerprint density at radius 2 is 1.65 bits per heavy atom. The number of rotatable bonds is 5. The highest BCUT2D eigenvalue weighted by atomic mass is 19.1. The summed E-state index contributed by atoms with van der Waals surface area (Å²) >= 11 is 0. The molecule has 5 rings (SSSR count). The third-order valence-corrected chi connectivity index (χ3v) is 5.61. The molecule has 0 unspecified atom stereocenters. The number of nitrogens with one attached hydrogen (secondary N) is 2. The van der Waals surface area contributed by atoms with Crippen LogP contribution in [0.5, 0.6) is 0 Å². The third kappa shape index (κ3) is 4.06. The molecule has 0 spiro atoms. The van der Waals surface area contributed by atoms with Crippen LogP contribution in [-0.4, -0.2) is 30.7 Å². The Morgan fingerprint density at radius 1 is 0.903 bits per heavy atom. The molecule has 2 heterocycles. The van der Waals surface area contributed by atoms with Crippen LogP contribution in [0.4, 0.5) is 27.7 Å². The van der Waals surface area contributed by atoms with Gasteiger partial charge in [-0.25, -0.2) is 14.4 Å². The van der Waals surface area contributed by atoms with E-state index in [1.807, 2.05) is 34.9 Å². The molecule has 31 heavy (non-hydrogen) atoms. The Morgan fingerprint density at radius 3 is 2.42 bits per heavy atom. The average Bonchev–Trinajstić information content (AvgIpc) is 3.14. The lowest BCUT2D eigenvalue weighted by Crippen LogP contribution is -2.22. The van der Waals surface area contributed by atoms with E-state index in [0.29, 0.717) is 41.6 Å². The predicted octanol–water partition coefficient (Wildman–Crippen LogP) is 4.93. The molecular weight excluding hydrogens is 395 g/mol. The minimum Gasteiger partial charge on any atom is -0.393 e. The number of anilines is 4. The SMILES string of the molecule is OC1CCC(n2c(Nc3ccccc3F)nc3cnc(Nc4ccccc4)nc32)CC1. The molecule has 8 heteroatoms. The summed E-state index contributed by atoms with van der Waals surface area (Å²) in [5.74, 6) is 0.637. The van der Waals surface area contributed by atoms with E-state index in [4.69, 9.17) is 4.98 Å². The molecule has 0 saturated heterocycles. The van der Waals surface area contributed by atoms with Gasteiger partial charge in [-0.15, -0.1) is 0 Å². The van der Waals surface area contributed by atoms with Crippen molar-refractivity contribution in [2.75, 3.05) is 10.6 Å². The van der Waals surface area contributed by atoms with Crippen LogP contribution in [0.15, 0.2) is 60.8 Å². The van der Waals surface area contributed by atoms with Gasteiger partial charge in [0.2, 0.25) is 11.9 Å². The zero-order chi connectivity index (χ0) is 21.2. The number of aromatic nitrogens is 4. The first kappa shape index (κ1) is 19.4. The zero-order valence-electron chi connectivity index (χ0n) is 16.9. The first-order valence-electron chi connectivity index (χ1n) is 10.4. The summed E-state index contributed by atoms with van der Waals surface area (Å²) in [4.78, 5) is 13.8. The first-order valence-corrected chi connectivity index (χ1v) is 10.4. The molecule has 2 aromatic carbocycles. The summed E-state index contributed by atoms with van der Waals surface area (Å²) in [6, 6.07) is 16.3. The molecule has 2 aromatic heterocycles. The van der Waals surface area contributed by atoms with Crippen LogP contribution in [-0.2, 0) is 0 Å². The Labute approximate surface area is 179 Å². The number of aliphatic hydroxyl groups excluding tert-OH is 1. The van der Waals surface area contributed by atoms with Gasteiger partial charge < -0.3 is 15.7 Å². The number of imidazole rings is 1. The van der Waals surface area contributed by atoms with Gasteiger partial charge in [-0.1, -0.05) is 30.3 Å². The van der Waals surface area contributed by atoms with E-state index >= 15 is 0 Å². The molecule has 1 aliphatic carbocycles. The van der Waals surface area contributed by atoms with Gasteiger partial charge in [-0.2, -0.15) is 4.98 Å². The van der Waals surface area contributed by atoms with Crippen molar-refractivity contribution < 1.29 is 9.50 Å². The third-order valence-electron chi connectivity index (χ3n) is 5.61. The van der Waals surface area contributed by atoms with E-state index in [1.165, 1.54) is 6.07 Å². The number of para-hydroxylation sites is 2. The van der Waals surface area contributed by atoms with Crippen molar-refractivity contribution in [3.05, 3.63) is 66.6 Å². The van der Waals surface area contributed by atoms with Crippen molar-refractivity contribution in [3.8, 4) is 0 Å². The van der Waals surface area contributed by atoms with Crippen molar-refractivity contribution in [3.63, 3.8) is 0 Å². The molecular formula is C23H23FN6O. The zero-order valence-corrected chi connectivity index (χ0v) is 16.9. The molecule has 158 valence electrons. The first-order chi connectivity index (χ1) is 15.2. The maximum Gasteiger partial charge on any atom is 0.229 e. The van der Waals surface area contributed by atoms with Gasteiger partial charge in [0.25, 0.3) is 0 Å². The molecule has 0 atom stereocenters. The summed E-state index contributed by atoms with van der Waals surface area (Å²) in [5, 5.41) is 16.3. The quantitative estimate of drug-likeness (QED) is 0.426. The second kappa shape index (κ2) is 8.31. The number of aliphatic hydroxyl groups is 1. The van der Waals surface area contributed by atoms with Gasteiger partial charge >= 0.3 is 0 Å². The van der Waals surface area contributed by atoms with Crippen molar-refractivity contribution >= 4 is 34.4 Å². The second-order valence-electron chi connectivity index (χ2n) is 7.77. The maximum atomic E-state index is 14.3. The largest absolute Gasteiger partial charge is 0.393 e. The lowest BCUT2D eigenvalue weighted by atomic mass is 9.93. The van der Waals surface area contributed by atoms with Gasteiger partial charge in [0, 0.05) is 11.7 Å². The van der Waals surface area contributed by atoms with Crippen LogP contribution in [0.2, 0.25) is 0 Å². The molecule has 3 N–H and O–H groups in total.